The molecule has 13 heavy (non-hydrogen) atoms. The highest BCUT2D eigenvalue weighted by molar-refractivity contribution is 9.10. The van der Waals surface area contributed by atoms with Gasteiger partial charge in [-0.05, 0) is 25.0 Å². The quantitative estimate of drug-likeness (QED) is 0.777. The van der Waals surface area contributed by atoms with Crippen LogP contribution in [0.1, 0.15) is 18.4 Å². The maximum atomic E-state index is 13.5. The van der Waals surface area contributed by atoms with Gasteiger partial charge in [-0.3, -0.25) is 0 Å². The first-order chi connectivity index (χ1) is 6.19. The molecule has 2 rings (SSSR count). The molecule has 70 valence electrons. The Kier molecular flexibility index (Phi) is 2.16. The Hall–Kier alpha value is -0.410. The lowest BCUT2D eigenvalue weighted by molar-refractivity contribution is 0.0750. The number of hydrogen-bond acceptors (Lipinski definition) is 1. The van der Waals surface area contributed by atoms with Gasteiger partial charge in [0.25, 0.3) is 0 Å². The van der Waals surface area contributed by atoms with Crippen molar-refractivity contribution < 1.29 is 9.13 Å². The molecule has 1 aromatic rings. The molecule has 0 heterocycles. The van der Waals surface area contributed by atoms with Crippen LogP contribution in [-0.2, 0) is 10.3 Å². The molecule has 1 aliphatic rings. The second kappa shape index (κ2) is 3.07. The van der Waals surface area contributed by atoms with Crippen LogP contribution in [0.4, 0.5) is 4.39 Å². The number of benzene rings is 1. The van der Waals surface area contributed by atoms with Gasteiger partial charge in [-0.2, -0.15) is 0 Å². The summed E-state index contributed by atoms with van der Waals surface area (Å²) in [6.07, 6.45) is 1.81. The highest BCUT2D eigenvalue weighted by atomic mass is 79.9. The third-order valence-electron chi connectivity index (χ3n) is 2.51. The van der Waals surface area contributed by atoms with Crippen molar-refractivity contribution in [3.8, 4) is 0 Å². The van der Waals surface area contributed by atoms with Crippen molar-refractivity contribution in [3.05, 3.63) is 34.1 Å². The first-order valence-corrected chi connectivity index (χ1v) is 4.98. The van der Waals surface area contributed by atoms with Crippen LogP contribution in [0.15, 0.2) is 22.7 Å². The fourth-order valence-electron chi connectivity index (χ4n) is 1.60. The fraction of sp³-hybridized carbons (Fsp3) is 0.400. The zero-order valence-corrected chi connectivity index (χ0v) is 8.90. The molecule has 0 bridgehead atoms. The third-order valence-corrected chi connectivity index (χ3v) is 3.17. The monoisotopic (exact) mass is 244 g/mol. The standard InChI is InChI=1S/C10H10BrFO/c1-13-10(5-6-10)9-7(11)3-2-4-8(9)12/h2-4H,5-6H2,1H3. The fourth-order valence-corrected chi connectivity index (χ4v) is 2.31. The Morgan fingerprint density at radius 1 is 1.46 bits per heavy atom. The second-order valence-electron chi connectivity index (χ2n) is 3.30. The molecular formula is C10H10BrFO. The van der Waals surface area contributed by atoms with Gasteiger partial charge in [0.05, 0.1) is 5.60 Å². The molecule has 1 aliphatic carbocycles. The van der Waals surface area contributed by atoms with Gasteiger partial charge in [0.1, 0.15) is 5.82 Å². The molecule has 0 aromatic heterocycles. The Morgan fingerprint density at radius 2 is 2.15 bits per heavy atom. The van der Waals surface area contributed by atoms with Gasteiger partial charge >= 0.3 is 0 Å². The molecule has 0 N–H and O–H groups in total. The predicted octanol–water partition coefficient (Wildman–Crippen LogP) is 3.22. The summed E-state index contributed by atoms with van der Waals surface area (Å²) in [5, 5.41) is 0. The smallest absolute Gasteiger partial charge is 0.130 e. The molecule has 1 nitrogen and oxygen atoms in total. The topological polar surface area (TPSA) is 9.23 Å². The molecule has 0 amide bonds. The van der Waals surface area contributed by atoms with E-state index in [1.165, 1.54) is 6.07 Å². The molecule has 0 saturated heterocycles. The normalized spacial score (nSPS) is 18.7. The van der Waals surface area contributed by atoms with E-state index in [-0.39, 0.29) is 11.4 Å². The van der Waals surface area contributed by atoms with Gasteiger partial charge in [-0.15, -0.1) is 0 Å². The molecule has 0 radical (unpaired) electrons. The summed E-state index contributed by atoms with van der Waals surface area (Å²) < 4.78 is 19.6. The van der Waals surface area contributed by atoms with E-state index in [9.17, 15) is 4.39 Å². The Labute approximate surface area is 85.0 Å². The zero-order valence-electron chi connectivity index (χ0n) is 7.31. The second-order valence-corrected chi connectivity index (χ2v) is 4.15. The van der Waals surface area contributed by atoms with Gasteiger partial charge in [0, 0.05) is 17.1 Å². The van der Waals surface area contributed by atoms with Crippen molar-refractivity contribution >= 4 is 15.9 Å². The predicted molar refractivity (Wildman–Crippen MR) is 52.0 cm³/mol. The Balaban J connectivity index is 2.50. The zero-order chi connectivity index (χ0) is 9.47. The van der Waals surface area contributed by atoms with E-state index in [1.807, 2.05) is 6.07 Å². The van der Waals surface area contributed by atoms with E-state index < -0.39 is 0 Å². The lowest BCUT2D eigenvalue weighted by Gasteiger charge is -2.16. The van der Waals surface area contributed by atoms with E-state index in [0.29, 0.717) is 5.56 Å². The number of methoxy groups -OCH3 is 1. The number of rotatable bonds is 2. The van der Waals surface area contributed by atoms with Crippen molar-refractivity contribution in [2.24, 2.45) is 0 Å². The summed E-state index contributed by atoms with van der Waals surface area (Å²) in [5.41, 5.74) is 0.307. The largest absolute Gasteiger partial charge is 0.373 e. The van der Waals surface area contributed by atoms with Gasteiger partial charge in [-0.25, -0.2) is 4.39 Å². The minimum absolute atomic E-state index is 0.186. The molecule has 1 saturated carbocycles. The molecule has 0 spiro atoms. The molecular weight excluding hydrogens is 235 g/mol. The minimum Gasteiger partial charge on any atom is -0.373 e. The molecule has 3 heteroatoms. The summed E-state index contributed by atoms with van der Waals surface area (Å²) in [7, 11) is 1.63. The summed E-state index contributed by atoms with van der Waals surface area (Å²) in [6.45, 7) is 0. The summed E-state index contributed by atoms with van der Waals surface area (Å²) in [4.78, 5) is 0. The summed E-state index contributed by atoms with van der Waals surface area (Å²) >= 11 is 3.34. The van der Waals surface area contributed by atoms with Crippen LogP contribution in [0.25, 0.3) is 0 Å². The van der Waals surface area contributed by atoms with Crippen LogP contribution in [-0.4, -0.2) is 7.11 Å². The summed E-state index contributed by atoms with van der Waals surface area (Å²) in [6, 6.07) is 5.01. The Bertz CT molecular complexity index is 313. The van der Waals surface area contributed by atoms with Crippen molar-refractivity contribution in [1.29, 1.82) is 0 Å². The highest BCUT2D eigenvalue weighted by Crippen LogP contribution is 2.51. The van der Waals surface area contributed by atoms with Crippen LogP contribution >= 0.6 is 15.9 Å². The summed E-state index contributed by atoms with van der Waals surface area (Å²) in [5.74, 6) is -0.186. The van der Waals surface area contributed by atoms with E-state index in [4.69, 9.17) is 4.74 Å². The van der Waals surface area contributed by atoms with Gasteiger partial charge in [-0.1, -0.05) is 22.0 Å². The lowest BCUT2D eigenvalue weighted by Crippen LogP contribution is -2.12. The van der Waals surface area contributed by atoms with Gasteiger partial charge < -0.3 is 4.74 Å². The van der Waals surface area contributed by atoms with Gasteiger partial charge in [0.2, 0.25) is 0 Å². The first kappa shape index (κ1) is 9.16. The van der Waals surface area contributed by atoms with Crippen molar-refractivity contribution in [1.82, 2.24) is 0 Å². The van der Waals surface area contributed by atoms with E-state index in [2.05, 4.69) is 15.9 Å². The van der Waals surface area contributed by atoms with E-state index >= 15 is 0 Å². The number of ether oxygens (including phenoxy) is 1. The SMILES string of the molecule is COC1(c2c(F)cccc2Br)CC1. The van der Waals surface area contributed by atoms with Crippen LogP contribution in [0, 0.1) is 5.82 Å². The first-order valence-electron chi connectivity index (χ1n) is 4.19. The van der Waals surface area contributed by atoms with Crippen molar-refractivity contribution in [2.75, 3.05) is 7.11 Å². The maximum Gasteiger partial charge on any atom is 0.130 e. The minimum atomic E-state index is -0.357. The van der Waals surface area contributed by atoms with Crippen molar-refractivity contribution in [3.63, 3.8) is 0 Å². The van der Waals surface area contributed by atoms with Gasteiger partial charge in [0.15, 0.2) is 0 Å². The third kappa shape index (κ3) is 1.40. The molecule has 1 aromatic carbocycles. The molecule has 0 unspecified atom stereocenters. The van der Waals surface area contributed by atoms with Crippen molar-refractivity contribution in [2.45, 2.75) is 18.4 Å². The highest BCUT2D eigenvalue weighted by Gasteiger charge is 2.47. The average molecular weight is 245 g/mol. The number of hydrogen-bond donors (Lipinski definition) is 0. The van der Waals surface area contributed by atoms with Crippen LogP contribution in [0.3, 0.4) is 0 Å². The molecule has 1 fully saturated rings. The lowest BCUT2D eigenvalue weighted by atomic mass is 10.1. The molecule has 0 aliphatic heterocycles. The maximum absolute atomic E-state index is 13.5. The van der Waals surface area contributed by atoms with E-state index in [0.717, 1.165) is 17.3 Å². The Morgan fingerprint density at radius 3 is 2.62 bits per heavy atom. The molecule has 0 atom stereocenters. The van der Waals surface area contributed by atoms with E-state index in [1.54, 1.807) is 13.2 Å². The number of halogens is 2. The van der Waals surface area contributed by atoms with Crippen LogP contribution in [0.2, 0.25) is 0 Å². The van der Waals surface area contributed by atoms with Crippen LogP contribution < -0.4 is 0 Å². The average Bonchev–Trinajstić information content (AvgIpc) is 2.85. The van der Waals surface area contributed by atoms with Crippen LogP contribution in [0.5, 0.6) is 0 Å².